The number of likely N-dealkylation sites (N-methyl/N-ethyl adjacent to an activating group) is 1. The molecule has 0 radical (unpaired) electrons. The maximum atomic E-state index is 13.5. The summed E-state index contributed by atoms with van der Waals surface area (Å²) in [7, 11) is 2.00. The second kappa shape index (κ2) is 7.81. The summed E-state index contributed by atoms with van der Waals surface area (Å²) in [5, 5.41) is 0. The van der Waals surface area contributed by atoms with Gasteiger partial charge >= 0.3 is 0 Å². The number of nitrogens with zero attached hydrogens (tertiary/aromatic N) is 3. The van der Waals surface area contributed by atoms with Gasteiger partial charge in [-0.25, -0.2) is 4.99 Å². The maximum absolute atomic E-state index is 13.5. The van der Waals surface area contributed by atoms with Gasteiger partial charge in [-0.3, -0.25) is 9.69 Å². The average molecular weight is 437 g/mol. The van der Waals surface area contributed by atoms with Gasteiger partial charge in [0.15, 0.2) is 11.5 Å². The molecule has 1 fully saturated rings. The van der Waals surface area contributed by atoms with Crippen LogP contribution in [0.15, 0.2) is 89.6 Å². The molecule has 0 saturated carbocycles. The highest BCUT2D eigenvalue weighted by Crippen LogP contribution is 2.44. The van der Waals surface area contributed by atoms with Crippen molar-refractivity contribution in [1.82, 2.24) is 9.80 Å². The first kappa shape index (κ1) is 19.6. The number of hydrogen-bond donors (Lipinski definition) is 0. The van der Waals surface area contributed by atoms with Crippen molar-refractivity contribution in [2.24, 2.45) is 4.99 Å². The lowest BCUT2D eigenvalue weighted by atomic mass is 10.00. The van der Waals surface area contributed by atoms with Crippen LogP contribution >= 0.6 is 0 Å². The van der Waals surface area contributed by atoms with Crippen molar-refractivity contribution in [2.45, 2.75) is 18.5 Å². The molecule has 0 aliphatic carbocycles. The summed E-state index contributed by atoms with van der Waals surface area (Å²) in [6.07, 6.45) is 2.39. The number of benzene rings is 3. The summed E-state index contributed by atoms with van der Waals surface area (Å²) in [6, 6.07) is 25.8. The predicted molar refractivity (Wildman–Crippen MR) is 126 cm³/mol. The Labute approximate surface area is 192 Å². The Morgan fingerprint density at radius 3 is 2.42 bits per heavy atom. The Morgan fingerprint density at radius 2 is 1.64 bits per heavy atom. The molecule has 3 aromatic rings. The first-order valence-corrected chi connectivity index (χ1v) is 11.0. The zero-order chi connectivity index (χ0) is 22.4. The molecule has 3 aliphatic rings. The highest BCUT2D eigenvalue weighted by molar-refractivity contribution is 6.04. The van der Waals surface area contributed by atoms with Gasteiger partial charge in [0.2, 0.25) is 18.7 Å². The van der Waals surface area contributed by atoms with Gasteiger partial charge in [0.1, 0.15) is 0 Å². The molecule has 6 nitrogen and oxygen atoms in total. The fraction of sp³-hybridized carbons (Fsp3) is 0.185. The van der Waals surface area contributed by atoms with Crippen LogP contribution in [0.4, 0.5) is 0 Å². The summed E-state index contributed by atoms with van der Waals surface area (Å²) >= 11 is 0. The van der Waals surface area contributed by atoms with Crippen LogP contribution in [-0.4, -0.2) is 35.5 Å². The average Bonchev–Trinajstić information content (AvgIpc) is 3.42. The fourth-order valence-electron chi connectivity index (χ4n) is 4.76. The van der Waals surface area contributed by atoms with Crippen LogP contribution in [0, 0.1) is 0 Å². The molecular formula is C27H23N3O3. The lowest BCUT2D eigenvalue weighted by Crippen LogP contribution is -2.40. The van der Waals surface area contributed by atoms with E-state index in [-0.39, 0.29) is 24.8 Å². The SMILES string of the molecule is CN1C2=N[C@@H](c3ccc4c(c3)OCO4)CC(=O)N2/C(=C\c2ccccc2)[C@H]1c1ccccc1. The summed E-state index contributed by atoms with van der Waals surface area (Å²) < 4.78 is 11.0. The number of amides is 1. The van der Waals surface area contributed by atoms with E-state index in [1.807, 2.05) is 73.8 Å². The van der Waals surface area contributed by atoms with Crippen LogP contribution in [-0.2, 0) is 4.79 Å². The molecule has 3 heterocycles. The van der Waals surface area contributed by atoms with Crippen molar-refractivity contribution in [2.75, 3.05) is 13.8 Å². The molecule has 6 rings (SSSR count). The number of guanidine groups is 1. The van der Waals surface area contributed by atoms with E-state index in [0.29, 0.717) is 18.1 Å². The molecular weight excluding hydrogens is 414 g/mol. The zero-order valence-electron chi connectivity index (χ0n) is 18.2. The van der Waals surface area contributed by atoms with E-state index in [1.165, 1.54) is 0 Å². The van der Waals surface area contributed by atoms with Gasteiger partial charge in [-0.05, 0) is 34.9 Å². The van der Waals surface area contributed by atoms with E-state index in [2.05, 4.69) is 23.1 Å². The van der Waals surface area contributed by atoms with Crippen LogP contribution in [0.2, 0.25) is 0 Å². The minimum absolute atomic E-state index is 0.0372. The van der Waals surface area contributed by atoms with E-state index in [0.717, 1.165) is 28.1 Å². The molecule has 1 amide bonds. The van der Waals surface area contributed by atoms with Crippen molar-refractivity contribution in [3.05, 3.63) is 101 Å². The number of carbonyl (C=O) groups is 1. The topological polar surface area (TPSA) is 54.4 Å². The molecule has 0 spiro atoms. The number of ether oxygens (including phenoxy) is 2. The smallest absolute Gasteiger partial charge is 0.236 e. The molecule has 33 heavy (non-hydrogen) atoms. The first-order chi connectivity index (χ1) is 16.2. The lowest BCUT2D eigenvalue weighted by molar-refractivity contribution is -0.126. The van der Waals surface area contributed by atoms with Crippen LogP contribution in [0.3, 0.4) is 0 Å². The molecule has 1 saturated heterocycles. The molecule has 2 atom stereocenters. The Morgan fingerprint density at radius 1 is 0.909 bits per heavy atom. The monoisotopic (exact) mass is 437 g/mol. The van der Waals surface area contributed by atoms with Crippen molar-refractivity contribution in [3.8, 4) is 11.5 Å². The van der Waals surface area contributed by atoms with Gasteiger partial charge in [0.25, 0.3) is 0 Å². The Kier molecular flexibility index (Phi) is 4.64. The molecule has 0 N–H and O–H groups in total. The van der Waals surface area contributed by atoms with Crippen molar-refractivity contribution >= 4 is 17.9 Å². The van der Waals surface area contributed by atoms with Crippen LogP contribution in [0.5, 0.6) is 11.5 Å². The minimum Gasteiger partial charge on any atom is -0.454 e. The standard InChI is InChI=1S/C27H23N3O3/c1-29-26(19-10-6-3-7-11-19)22(14-18-8-4-2-5-9-18)30-25(31)16-21(28-27(29)30)20-12-13-23-24(15-20)33-17-32-23/h2-15,21,26H,16-17H2,1H3/b22-14-/t21-,26-/m1/s1. The number of carbonyl (C=O) groups excluding carboxylic acids is 1. The number of rotatable bonds is 3. The third kappa shape index (κ3) is 3.35. The predicted octanol–water partition coefficient (Wildman–Crippen LogP) is 4.77. The van der Waals surface area contributed by atoms with Gasteiger partial charge in [0, 0.05) is 7.05 Å². The summed E-state index contributed by atoms with van der Waals surface area (Å²) in [6.45, 7) is 0.222. The zero-order valence-corrected chi connectivity index (χ0v) is 18.2. The van der Waals surface area contributed by atoms with Crippen molar-refractivity contribution < 1.29 is 14.3 Å². The summed E-state index contributed by atoms with van der Waals surface area (Å²) in [4.78, 5) is 22.5. The van der Waals surface area contributed by atoms with Gasteiger partial charge < -0.3 is 14.4 Å². The molecule has 3 aromatic carbocycles. The molecule has 164 valence electrons. The maximum Gasteiger partial charge on any atom is 0.236 e. The van der Waals surface area contributed by atoms with E-state index in [4.69, 9.17) is 14.5 Å². The van der Waals surface area contributed by atoms with Gasteiger partial charge in [-0.15, -0.1) is 0 Å². The van der Waals surface area contributed by atoms with Gasteiger partial charge in [0.05, 0.1) is 24.2 Å². The Hall–Kier alpha value is -4.06. The molecule has 3 aliphatic heterocycles. The van der Waals surface area contributed by atoms with E-state index in [9.17, 15) is 4.79 Å². The van der Waals surface area contributed by atoms with Gasteiger partial charge in [-0.1, -0.05) is 66.7 Å². The Bertz CT molecular complexity index is 1270. The molecule has 0 unspecified atom stereocenters. The van der Waals surface area contributed by atoms with Crippen LogP contribution < -0.4 is 9.47 Å². The Balaban J connectivity index is 1.45. The van der Waals surface area contributed by atoms with Crippen LogP contribution in [0.25, 0.3) is 6.08 Å². The second-order valence-electron chi connectivity index (χ2n) is 8.39. The normalized spacial score (nSPS) is 22.5. The lowest BCUT2D eigenvalue weighted by Gasteiger charge is -2.28. The van der Waals surface area contributed by atoms with E-state index in [1.54, 1.807) is 4.90 Å². The molecule has 0 bridgehead atoms. The molecule has 0 aromatic heterocycles. The first-order valence-electron chi connectivity index (χ1n) is 11.0. The minimum atomic E-state index is -0.270. The quantitative estimate of drug-likeness (QED) is 0.592. The highest BCUT2D eigenvalue weighted by Gasteiger charge is 2.45. The third-order valence-corrected chi connectivity index (χ3v) is 6.34. The fourth-order valence-corrected chi connectivity index (χ4v) is 4.76. The van der Waals surface area contributed by atoms with Crippen LogP contribution in [0.1, 0.15) is 35.2 Å². The largest absolute Gasteiger partial charge is 0.454 e. The number of fused-ring (bicyclic) bond motifs is 2. The second-order valence-corrected chi connectivity index (χ2v) is 8.39. The van der Waals surface area contributed by atoms with Gasteiger partial charge in [-0.2, -0.15) is 0 Å². The summed E-state index contributed by atoms with van der Waals surface area (Å²) in [5.74, 6) is 2.14. The van der Waals surface area contributed by atoms with E-state index >= 15 is 0 Å². The number of hydrogen-bond acceptors (Lipinski definition) is 5. The van der Waals surface area contributed by atoms with E-state index < -0.39 is 0 Å². The molecule has 6 heteroatoms. The summed E-state index contributed by atoms with van der Waals surface area (Å²) in [5.41, 5.74) is 4.04. The third-order valence-electron chi connectivity index (χ3n) is 6.34. The number of aliphatic imine (C=N–C) groups is 1. The van der Waals surface area contributed by atoms with Crippen molar-refractivity contribution in [3.63, 3.8) is 0 Å². The van der Waals surface area contributed by atoms with Crippen molar-refractivity contribution in [1.29, 1.82) is 0 Å². The highest BCUT2D eigenvalue weighted by atomic mass is 16.7.